The first-order chi connectivity index (χ1) is 8.36. The first-order valence-electron chi connectivity index (χ1n) is 5.99. The molecule has 0 aromatic carbocycles. The fourth-order valence-electron chi connectivity index (χ4n) is 1.82. The summed E-state index contributed by atoms with van der Waals surface area (Å²) in [4.78, 5) is 6.36. The molecule has 94 valence electrons. The number of nitrogens with two attached hydrogens (primary N) is 1. The number of pyridine rings is 1. The molecule has 0 aliphatic carbocycles. The Morgan fingerprint density at radius 1 is 1.41 bits per heavy atom. The van der Waals surface area contributed by atoms with E-state index in [0.717, 1.165) is 39.3 Å². The van der Waals surface area contributed by atoms with E-state index in [1.165, 1.54) is 0 Å². The Morgan fingerprint density at radius 2 is 2.24 bits per heavy atom. The molecular weight excluding hydrogens is 218 g/mol. The summed E-state index contributed by atoms with van der Waals surface area (Å²) >= 11 is 0. The van der Waals surface area contributed by atoms with Gasteiger partial charge in [-0.2, -0.15) is 0 Å². The van der Waals surface area contributed by atoms with Crippen LogP contribution in [-0.4, -0.2) is 49.3 Å². The highest BCUT2D eigenvalue weighted by molar-refractivity contribution is 5.44. The largest absolute Gasteiger partial charge is 0.490 e. The van der Waals surface area contributed by atoms with Gasteiger partial charge in [-0.15, -0.1) is 0 Å². The van der Waals surface area contributed by atoms with Crippen LogP contribution in [0.5, 0.6) is 5.75 Å². The number of hydrogen-bond donors (Lipinski definition) is 1. The zero-order valence-electron chi connectivity index (χ0n) is 9.97. The molecule has 0 saturated carbocycles. The van der Waals surface area contributed by atoms with Crippen molar-refractivity contribution in [1.82, 2.24) is 9.88 Å². The number of nitrogens with zero attached hydrogens (tertiary/aromatic N) is 2. The maximum Gasteiger partial charge on any atom is 0.166 e. The zero-order chi connectivity index (χ0) is 11.9. The Morgan fingerprint density at radius 3 is 3.00 bits per heavy atom. The van der Waals surface area contributed by atoms with Gasteiger partial charge in [-0.3, -0.25) is 4.90 Å². The molecule has 2 rings (SSSR count). The number of morpholine rings is 1. The lowest BCUT2D eigenvalue weighted by Gasteiger charge is -2.26. The van der Waals surface area contributed by atoms with Crippen molar-refractivity contribution in [1.29, 1.82) is 0 Å². The Balaban J connectivity index is 1.64. The van der Waals surface area contributed by atoms with Crippen LogP contribution in [0.25, 0.3) is 0 Å². The minimum atomic E-state index is 0.457. The zero-order valence-corrected chi connectivity index (χ0v) is 9.97. The van der Waals surface area contributed by atoms with E-state index in [4.69, 9.17) is 15.2 Å². The predicted octanol–water partition coefficient (Wildman–Crippen LogP) is 0.765. The minimum Gasteiger partial charge on any atom is -0.490 e. The van der Waals surface area contributed by atoms with Crippen LogP contribution in [0, 0.1) is 0 Å². The number of rotatable bonds is 5. The quantitative estimate of drug-likeness (QED) is 0.766. The van der Waals surface area contributed by atoms with Crippen LogP contribution in [-0.2, 0) is 4.74 Å². The molecule has 5 nitrogen and oxygen atoms in total. The summed E-state index contributed by atoms with van der Waals surface area (Å²) in [5.41, 5.74) is 5.68. The van der Waals surface area contributed by atoms with Crippen LogP contribution in [0.4, 0.5) is 5.82 Å². The summed E-state index contributed by atoms with van der Waals surface area (Å²) in [6, 6.07) is 3.67. The van der Waals surface area contributed by atoms with Crippen LogP contribution in [0.1, 0.15) is 6.42 Å². The minimum absolute atomic E-state index is 0.457. The number of ether oxygens (including phenoxy) is 2. The van der Waals surface area contributed by atoms with Crippen LogP contribution >= 0.6 is 0 Å². The highest BCUT2D eigenvalue weighted by atomic mass is 16.5. The van der Waals surface area contributed by atoms with Crippen molar-refractivity contribution in [3.63, 3.8) is 0 Å². The molecule has 1 aliphatic heterocycles. The van der Waals surface area contributed by atoms with E-state index < -0.39 is 0 Å². The molecule has 2 heterocycles. The molecule has 1 aliphatic rings. The molecule has 1 saturated heterocycles. The maximum atomic E-state index is 5.68. The summed E-state index contributed by atoms with van der Waals surface area (Å²) in [6.45, 7) is 5.45. The lowest BCUT2D eigenvalue weighted by Crippen LogP contribution is -2.37. The van der Waals surface area contributed by atoms with Crippen molar-refractivity contribution in [2.45, 2.75) is 6.42 Å². The third kappa shape index (κ3) is 3.87. The van der Waals surface area contributed by atoms with Crippen LogP contribution < -0.4 is 10.5 Å². The van der Waals surface area contributed by atoms with E-state index in [0.29, 0.717) is 18.2 Å². The summed E-state index contributed by atoms with van der Waals surface area (Å²) in [6.07, 6.45) is 2.66. The van der Waals surface area contributed by atoms with E-state index >= 15 is 0 Å². The number of aromatic nitrogens is 1. The van der Waals surface area contributed by atoms with Gasteiger partial charge >= 0.3 is 0 Å². The fourth-order valence-corrected chi connectivity index (χ4v) is 1.82. The molecular formula is C12H19N3O2. The van der Waals surface area contributed by atoms with Gasteiger partial charge in [0.1, 0.15) is 0 Å². The van der Waals surface area contributed by atoms with Gasteiger partial charge in [-0.25, -0.2) is 4.98 Å². The molecule has 17 heavy (non-hydrogen) atoms. The van der Waals surface area contributed by atoms with Gasteiger partial charge < -0.3 is 15.2 Å². The molecule has 0 bridgehead atoms. The highest BCUT2D eigenvalue weighted by Gasteiger charge is 2.09. The van der Waals surface area contributed by atoms with Gasteiger partial charge in [0.15, 0.2) is 11.6 Å². The lowest BCUT2D eigenvalue weighted by atomic mass is 10.3. The van der Waals surface area contributed by atoms with Crippen molar-refractivity contribution in [2.75, 3.05) is 45.2 Å². The topological polar surface area (TPSA) is 60.6 Å². The van der Waals surface area contributed by atoms with Gasteiger partial charge in [0.2, 0.25) is 0 Å². The summed E-state index contributed by atoms with van der Waals surface area (Å²) < 4.78 is 10.9. The fraction of sp³-hybridized carbons (Fsp3) is 0.583. The Bertz CT molecular complexity index is 340. The number of hydrogen-bond acceptors (Lipinski definition) is 5. The van der Waals surface area contributed by atoms with E-state index in [2.05, 4.69) is 9.88 Å². The van der Waals surface area contributed by atoms with E-state index in [1.807, 2.05) is 12.1 Å². The second kappa shape index (κ2) is 6.42. The second-order valence-electron chi connectivity index (χ2n) is 4.04. The second-order valence-corrected chi connectivity index (χ2v) is 4.04. The molecule has 1 fully saturated rings. The molecule has 1 aromatic rings. The summed E-state index contributed by atoms with van der Waals surface area (Å²) in [7, 11) is 0. The average Bonchev–Trinajstić information content (AvgIpc) is 2.38. The smallest absolute Gasteiger partial charge is 0.166 e. The Kier molecular flexibility index (Phi) is 4.58. The van der Waals surface area contributed by atoms with Crippen molar-refractivity contribution in [3.05, 3.63) is 18.3 Å². The highest BCUT2D eigenvalue weighted by Crippen LogP contribution is 2.16. The van der Waals surface area contributed by atoms with Crippen LogP contribution in [0.15, 0.2) is 18.3 Å². The number of nitrogen functional groups attached to an aromatic ring is 1. The molecule has 1 aromatic heterocycles. The van der Waals surface area contributed by atoms with E-state index in [1.54, 1.807) is 6.20 Å². The molecule has 0 unspecified atom stereocenters. The third-order valence-electron chi connectivity index (χ3n) is 2.78. The van der Waals surface area contributed by atoms with Crippen LogP contribution in [0.3, 0.4) is 0 Å². The van der Waals surface area contributed by atoms with Crippen LogP contribution in [0.2, 0.25) is 0 Å². The SMILES string of the molecule is Nc1ncccc1OCCCN1CCOCC1. The molecule has 2 N–H and O–H groups in total. The van der Waals surface area contributed by atoms with Gasteiger partial charge in [0, 0.05) is 25.8 Å². The van der Waals surface area contributed by atoms with Crippen molar-refractivity contribution in [3.8, 4) is 5.75 Å². The predicted molar refractivity (Wildman–Crippen MR) is 66.0 cm³/mol. The van der Waals surface area contributed by atoms with Gasteiger partial charge in [0.05, 0.1) is 19.8 Å². The van der Waals surface area contributed by atoms with Gasteiger partial charge in [-0.1, -0.05) is 0 Å². The Hall–Kier alpha value is -1.33. The van der Waals surface area contributed by atoms with Gasteiger partial charge in [0.25, 0.3) is 0 Å². The van der Waals surface area contributed by atoms with Crippen molar-refractivity contribution in [2.24, 2.45) is 0 Å². The Labute approximate surface area is 102 Å². The maximum absolute atomic E-state index is 5.68. The lowest BCUT2D eigenvalue weighted by molar-refractivity contribution is 0.0358. The van der Waals surface area contributed by atoms with Crippen molar-refractivity contribution < 1.29 is 9.47 Å². The summed E-state index contributed by atoms with van der Waals surface area (Å²) in [5.74, 6) is 1.13. The monoisotopic (exact) mass is 237 g/mol. The van der Waals surface area contributed by atoms with Gasteiger partial charge in [-0.05, 0) is 18.6 Å². The molecule has 5 heteroatoms. The van der Waals surface area contributed by atoms with E-state index in [9.17, 15) is 0 Å². The molecule has 0 spiro atoms. The van der Waals surface area contributed by atoms with E-state index in [-0.39, 0.29) is 0 Å². The standard InChI is InChI=1S/C12H19N3O2/c13-12-11(3-1-4-14-12)17-8-2-5-15-6-9-16-10-7-15/h1,3-4H,2,5-10H2,(H2,13,14). The average molecular weight is 237 g/mol. The molecule has 0 radical (unpaired) electrons. The molecule has 0 atom stereocenters. The first-order valence-corrected chi connectivity index (χ1v) is 5.99. The first kappa shape index (κ1) is 12.1. The number of anilines is 1. The summed E-state index contributed by atoms with van der Waals surface area (Å²) in [5, 5.41) is 0. The normalized spacial score (nSPS) is 16.9. The third-order valence-corrected chi connectivity index (χ3v) is 2.78. The molecule has 0 amide bonds. The van der Waals surface area contributed by atoms with Crippen molar-refractivity contribution >= 4 is 5.82 Å².